The minimum Gasteiger partial charge on any atom is -0.368 e. The van der Waals surface area contributed by atoms with E-state index in [0.29, 0.717) is 5.92 Å². The van der Waals surface area contributed by atoms with Crippen molar-refractivity contribution in [1.82, 2.24) is 4.98 Å². The fourth-order valence-corrected chi connectivity index (χ4v) is 3.98. The fraction of sp³-hybridized carbons (Fsp3) is 0.455. The largest absolute Gasteiger partial charge is 0.368 e. The topological polar surface area (TPSA) is 45.9 Å². The van der Waals surface area contributed by atoms with Crippen molar-refractivity contribution >= 4 is 0 Å². The lowest BCUT2D eigenvalue weighted by Crippen LogP contribution is -2.41. The molecule has 0 spiro atoms. The van der Waals surface area contributed by atoms with Crippen LogP contribution in [0.4, 0.5) is 4.39 Å². The standard InChI is InChI=1S/C22H23FN2O/c23-19-8-9-20(25-14-19)22(26-15-17-6-7-17)12-10-21(16-24,11-13-22)18-4-2-1-3-5-18/h1-5,8-9,14,17H,6-7,10-13,15H2/t21-,22-. The summed E-state index contributed by atoms with van der Waals surface area (Å²) in [5.74, 6) is 0.307. The second kappa shape index (κ2) is 6.81. The van der Waals surface area contributed by atoms with Gasteiger partial charge in [-0.3, -0.25) is 4.98 Å². The molecule has 0 saturated heterocycles. The third kappa shape index (κ3) is 3.24. The van der Waals surface area contributed by atoms with Crippen LogP contribution in [0.25, 0.3) is 0 Å². The zero-order valence-corrected chi connectivity index (χ0v) is 14.8. The Morgan fingerprint density at radius 1 is 1.08 bits per heavy atom. The first-order chi connectivity index (χ1) is 12.7. The third-order valence-electron chi connectivity index (χ3n) is 5.94. The van der Waals surface area contributed by atoms with Crippen molar-refractivity contribution in [2.75, 3.05) is 6.61 Å². The van der Waals surface area contributed by atoms with Crippen LogP contribution < -0.4 is 0 Å². The lowest BCUT2D eigenvalue weighted by atomic mass is 9.65. The summed E-state index contributed by atoms with van der Waals surface area (Å²) >= 11 is 0. The maximum absolute atomic E-state index is 13.4. The number of nitriles is 1. The Balaban J connectivity index is 1.60. The van der Waals surface area contributed by atoms with Crippen LogP contribution in [0.5, 0.6) is 0 Å². The third-order valence-corrected chi connectivity index (χ3v) is 5.94. The molecule has 134 valence electrons. The van der Waals surface area contributed by atoms with Crippen LogP contribution in [0.1, 0.15) is 49.8 Å². The van der Waals surface area contributed by atoms with E-state index in [-0.39, 0.29) is 5.82 Å². The predicted molar refractivity (Wildman–Crippen MR) is 96.8 cm³/mol. The molecule has 0 bridgehead atoms. The number of hydrogen-bond donors (Lipinski definition) is 0. The highest BCUT2D eigenvalue weighted by Gasteiger charge is 2.47. The first-order valence-electron chi connectivity index (χ1n) is 9.39. The number of halogens is 1. The highest BCUT2D eigenvalue weighted by atomic mass is 19.1. The second-order valence-electron chi connectivity index (χ2n) is 7.67. The van der Waals surface area contributed by atoms with Crippen LogP contribution in [-0.2, 0) is 15.8 Å². The molecule has 3 nitrogen and oxygen atoms in total. The summed E-state index contributed by atoms with van der Waals surface area (Å²) < 4.78 is 19.8. The summed E-state index contributed by atoms with van der Waals surface area (Å²) in [6.07, 6.45) is 6.59. The predicted octanol–water partition coefficient (Wildman–Crippen LogP) is 4.88. The maximum atomic E-state index is 13.4. The second-order valence-corrected chi connectivity index (χ2v) is 7.67. The van der Waals surface area contributed by atoms with Gasteiger partial charge in [0, 0.05) is 0 Å². The number of rotatable bonds is 5. The molecule has 26 heavy (non-hydrogen) atoms. The van der Waals surface area contributed by atoms with Gasteiger partial charge in [-0.05, 0) is 62.1 Å². The molecule has 2 aliphatic carbocycles. The van der Waals surface area contributed by atoms with Crippen molar-refractivity contribution in [3.05, 3.63) is 65.7 Å². The van der Waals surface area contributed by atoms with Gasteiger partial charge < -0.3 is 4.74 Å². The molecule has 0 amide bonds. The molecule has 2 fully saturated rings. The zero-order valence-electron chi connectivity index (χ0n) is 14.8. The molecule has 0 radical (unpaired) electrons. The highest BCUT2D eigenvalue weighted by Crippen LogP contribution is 2.49. The van der Waals surface area contributed by atoms with E-state index in [1.807, 2.05) is 30.3 Å². The summed E-state index contributed by atoms with van der Waals surface area (Å²) in [6.45, 7) is 0.726. The fourth-order valence-electron chi connectivity index (χ4n) is 3.98. The van der Waals surface area contributed by atoms with Crippen LogP contribution in [0.15, 0.2) is 48.7 Å². The average molecular weight is 350 g/mol. The summed E-state index contributed by atoms with van der Waals surface area (Å²) in [5.41, 5.74) is 0.878. The first-order valence-corrected chi connectivity index (χ1v) is 9.39. The zero-order chi connectivity index (χ0) is 18.0. The molecular formula is C22H23FN2O. The molecular weight excluding hydrogens is 327 g/mol. The number of benzene rings is 1. The van der Waals surface area contributed by atoms with Crippen molar-refractivity contribution in [2.24, 2.45) is 5.92 Å². The van der Waals surface area contributed by atoms with Gasteiger partial charge in [-0.1, -0.05) is 30.3 Å². The van der Waals surface area contributed by atoms with Crippen molar-refractivity contribution < 1.29 is 9.13 Å². The van der Waals surface area contributed by atoms with Gasteiger partial charge in [0.2, 0.25) is 0 Å². The van der Waals surface area contributed by atoms with Gasteiger partial charge in [0.05, 0.1) is 30.0 Å². The molecule has 0 N–H and O–H groups in total. The van der Waals surface area contributed by atoms with Crippen molar-refractivity contribution in [2.45, 2.75) is 49.5 Å². The minimum absolute atomic E-state index is 0.336. The molecule has 4 rings (SSSR count). The molecule has 1 aromatic carbocycles. The number of pyridine rings is 1. The Hall–Kier alpha value is -2.25. The van der Waals surface area contributed by atoms with E-state index in [1.54, 1.807) is 6.07 Å². The first kappa shape index (κ1) is 17.2. The van der Waals surface area contributed by atoms with Gasteiger partial charge in [-0.2, -0.15) is 5.26 Å². The maximum Gasteiger partial charge on any atom is 0.141 e. The van der Waals surface area contributed by atoms with Gasteiger partial charge in [0.1, 0.15) is 11.4 Å². The Morgan fingerprint density at radius 3 is 2.38 bits per heavy atom. The number of aromatic nitrogens is 1. The quantitative estimate of drug-likeness (QED) is 0.772. The normalized spacial score (nSPS) is 28.5. The lowest BCUT2D eigenvalue weighted by molar-refractivity contribution is -0.0909. The summed E-state index contributed by atoms with van der Waals surface area (Å²) in [5, 5.41) is 9.94. The van der Waals surface area contributed by atoms with E-state index in [4.69, 9.17) is 4.74 Å². The summed E-state index contributed by atoms with van der Waals surface area (Å²) in [4.78, 5) is 4.34. The lowest BCUT2D eigenvalue weighted by Gasteiger charge is -2.43. The van der Waals surface area contributed by atoms with E-state index in [0.717, 1.165) is 43.5 Å². The van der Waals surface area contributed by atoms with Crippen molar-refractivity contribution in [1.29, 1.82) is 5.26 Å². The Kier molecular flexibility index (Phi) is 4.50. The van der Waals surface area contributed by atoms with Gasteiger partial charge in [-0.15, -0.1) is 0 Å². The molecule has 0 atom stereocenters. The van der Waals surface area contributed by atoms with Crippen LogP contribution in [-0.4, -0.2) is 11.6 Å². The van der Waals surface area contributed by atoms with Crippen LogP contribution >= 0.6 is 0 Å². The molecule has 0 unspecified atom stereocenters. The average Bonchev–Trinajstić information content (AvgIpc) is 3.53. The van der Waals surface area contributed by atoms with Crippen LogP contribution in [0.3, 0.4) is 0 Å². The molecule has 2 saturated carbocycles. The molecule has 0 aliphatic heterocycles. The van der Waals surface area contributed by atoms with E-state index >= 15 is 0 Å². The van der Waals surface area contributed by atoms with Gasteiger partial charge in [0.15, 0.2) is 0 Å². The van der Waals surface area contributed by atoms with Crippen molar-refractivity contribution in [3.8, 4) is 6.07 Å². The highest BCUT2D eigenvalue weighted by molar-refractivity contribution is 5.34. The minimum atomic E-state index is -0.509. The number of nitrogens with zero attached hydrogens (tertiary/aromatic N) is 2. The van der Waals surface area contributed by atoms with Crippen molar-refractivity contribution in [3.63, 3.8) is 0 Å². The van der Waals surface area contributed by atoms with E-state index < -0.39 is 11.0 Å². The van der Waals surface area contributed by atoms with Gasteiger partial charge in [0.25, 0.3) is 0 Å². The molecule has 1 aromatic heterocycles. The SMILES string of the molecule is N#C[C@]1(c2ccccc2)CC[C@@](OCC2CC2)(c2ccc(F)cn2)CC1. The Bertz CT molecular complexity index is 785. The van der Waals surface area contributed by atoms with E-state index in [1.165, 1.54) is 25.1 Å². The molecule has 4 heteroatoms. The van der Waals surface area contributed by atoms with Crippen LogP contribution in [0.2, 0.25) is 0 Å². The van der Waals surface area contributed by atoms with Crippen LogP contribution in [0, 0.1) is 23.1 Å². The molecule has 2 aromatic rings. The smallest absolute Gasteiger partial charge is 0.141 e. The molecule has 2 aliphatic rings. The van der Waals surface area contributed by atoms with E-state index in [2.05, 4.69) is 11.1 Å². The van der Waals surface area contributed by atoms with Gasteiger partial charge in [-0.25, -0.2) is 4.39 Å². The monoisotopic (exact) mass is 350 g/mol. The number of ether oxygens (including phenoxy) is 1. The van der Waals surface area contributed by atoms with E-state index in [9.17, 15) is 9.65 Å². The summed E-state index contributed by atoms with van der Waals surface area (Å²) in [7, 11) is 0. The Labute approximate surface area is 153 Å². The number of hydrogen-bond acceptors (Lipinski definition) is 3. The Morgan fingerprint density at radius 2 is 1.81 bits per heavy atom. The van der Waals surface area contributed by atoms with Gasteiger partial charge >= 0.3 is 0 Å². The molecule has 1 heterocycles. The summed E-state index contributed by atoms with van der Waals surface area (Å²) in [6, 6.07) is 15.8.